The summed E-state index contributed by atoms with van der Waals surface area (Å²) in [5.74, 6) is 1.73. The molecule has 0 radical (unpaired) electrons. The molecule has 2 nitrogen and oxygen atoms in total. The second kappa shape index (κ2) is 4.45. The highest BCUT2D eigenvalue weighted by Crippen LogP contribution is 2.33. The van der Waals surface area contributed by atoms with Crippen LogP contribution in [0, 0.1) is 11.8 Å². The van der Waals surface area contributed by atoms with Crippen LogP contribution >= 0.6 is 0 Å². The SMILES string of the molecule is CC1CCCC(C2=CC(N)CNC2)C1. The van der Waals surface area contributed by atoms with Gasteiger partial charge in [-0.3, -0.25) is 0 Å². The molecule has 1 heterocycles. The topological polar surface area (TPSA) is 38.0 Å². The Balaban J connectivity index is 1.99. The van der Waals surface area contributed by atoms with Crippen LogP contribution in [0.1, 0.15) is 32.6 Å². The van der Waals surface area contributed by atoms with Crippen molar-refractivity contribution in [3.8, 4) is 0 Å². The maximum atomic E-state index is 5.93. The zero-order valence-electron chi connectivity index (χ0n) is 9.13. The monoisotopic (exact) mass is 194 g/mol. The molecular formula is C12H22N2. The fourth-order valence-electron chi connectivity index (χ4n) is 2.83. The van der Waals surface area contributed by atoms with Crippen LogP contribution < -0.4 is 11.1 Å². The fourth-order valence-corrected chi connectivity index (χ4v) is 2.83. The first kappa shape index (κ1) is 10.2. The predicted molar refractivity (Wildman–Crippen MR) is 60.1 cm³/mol. The molecule has 3 unspecified atom stereocenters. The van der Waals surface area contributed by atoms with E-state index in [0.29, 0.717) is 0 Å². The Morgan fingerprint density at radius 2 is 2.29 bits per heavy atom. The first-order valence-corrected chi connectivity index (χ1v) is 5.92. The van der Waals surface area contributed by atoms with E-state index in [1.807, 2.05) is 0 Å². The Bertz CT molecular complexity index is 222. The Labute approximate surface area is 86.9 Å². The highest BCUT2D eigenvalue weighted by atomic mass is 14.9. The van der Waals surface area contributed by atoms with Crippen molar-refractivity contribution in [1.82, 2.24) is 5.32 Å². The molecule has 14 heavy (non-hydrogen) atoms. The van der Waals surface area contributed by atoms with Crippen molar-refractivity contribution >= 4 is 0 Å². The number of hydrogen-bond donors (Lipinski definition) is 2. The molecule has 1 aliphatic carbocycles. The van der Waals surface area contributed by atoms with E-state index in [9.17, 15) is 0 Å². The maximum absolute atomic E-state index is 5.93. The predicted octanol–water partition coefficient (Wildman–Crippen LogP) is 1.67. The van der Waals surface area contributed by atoms with Crippen LogP contribution in [0.25, 0.3) is 0 Å². The third-order valence-corrected chi connectivity index (χ3v) is 3.60. The molecule has 0 spiro atoms. The average molecular weight is 194 g/mol. The minimum atomic E-state index is 0.246. The molecule has 0 saturated heterocycles. The van der Waals surface area contributed by atoms with Crippen molar-refractivity contribution in [3.05, 3.63) is 11.6 Å². The normalized spacial score (nSPS) is 39.3. The number of nitrogens with two attached hydrogens (primary N) is 1. The van der Waals surface area contributed by atoms with E-state index in [1.54, 1.807) is 5.57 Å². The largest absolute Gasteiger partial charge is 0.323 e. The third kappa shape index (κ3) is 2.37. The van der Waals surface area contributed by atoms with Crippen molar-refractivity contribution in [2.75, 3.05) is 13.1 Å². The van der Waals surface area contributed by atoms with Crippen molar-refractivity contribution in [2.24, 2.45) is 17.6 Å². The van der Waals surface area contributed by atoms with E-state index in [4.69, 9.17) is 5.73 Å². The second-order valence-electron chi connectivity index (χ2n) is 5.01. The van der Waals surface area contributed by atoms with Gasteiger partial charge in [0.05, 0.1) is 0 Å². The lowest BCUT2D eigenvalue weighted by molar-refractivity contribution is 0.307. The van der Waals surface area contributed by atoms with E-state index < -0.39 is 0 Å². The zero-order chi connectivity index (χ0) is 9.97. The minimum Gasteiger partial charge on any atom is -0.323 e. The molecule has 0 aromatic carbocycles. The molecule has 2 aliphatic rings. The van der Waals surface area contributed by atoms with Crippen molar-refractivity contribution in [3.63, 3.8) is 0 Å². The molecule has 3 atom stereocenters. The van der Waals surface area contributed by atoms with Gasteiger partial charge in [-0.2, -0.15) is 0 Å². The molecule has 2 rings (SSSR count). The highest BCUT2D eigenvalue weighted by Gasteiger charge is 2.23. The summed E-state index contributed by atoms with van der Waals surface area (Å²) in [6, 6.07) is 0.246. The smallest absolute Gasteiger partial charge is 0.0354 e. The lowest BCUT2D eigenvalue weighted by Gasteiger charge is -2.31. The summed E-state index contributed by atoms with van der Waals surface area (Å²) in [5, 5.41) is 3.40. The summed E-state index contributed by atoms with van der Waals surface area (Å²) in [6.07, 6.45) is 7.88. The minimum absolute atomic E-state index is 0.246. The molecule has 0 aromatic rings. The Kier molecular flexibility index (Phi) is 3.24. The van der Waals surface area contributed by atoms with Crippen LogP contribution in [0.4, 0.5) is 0 Å². The highest BCUT2D eigenvalue weighted by molar-refractivity contribution is 5.16. The van der Waals surface area contributed by atoms with E-state index in [1.165, 1.54) is 25.7 Å². The van der Waals surface area contributed by atoms with Crippen LogP contribution in [0.3, 0.4) is 0 Å². The molecule has 0 aromatic heterocycles. The van der Waals surface area contributed by atoms with Gasteiger partial charge in [-0.25, -0.2) is 0 Å². The van der Waals surface area contributed by atoms with E-state index in [-0.39, 0.29) is 6.04 Å². The summed E-state index contributed by atoms with van der Waals surface area (Å²) in [4.78, 5) is 0. The van der Waals surface area contributed by atoms with Gasteiger partial charge in [0.15, 0.2) is 0 Å². The van der Waals surface area contributed by atoms with Gasteiger partial charge in [-0.15, -0.1) is 0 Å². The summed E-state index contributed by atoms with van der Waals surface area (Å²) < 4.78 is 0. The van der Waals surface area contributed by atoms with Crippen LogP contribution in [-0.2, 0) is 0 Å². The van der Waals surface area contributed by atoms with Gasteiger partial charge in [-0.1, -0.05) is 31.4 Å². The molecule has 1 saturated carbocycles. The maximum Gasteiger partial charge on any atom is 0.0354 e. The lowest BCUT2D eigenvalue weighted by Crippen LogP contribution is -2.39. The molecular weight excluding hydrogens is 172 g/mol. The summed E-state index contributed by atoms with van der Waals surface area (Å²) >= 11 is 0. The van der Waals surface area contributed by atoms with Crippen molar-refractivity contribution in [2.45, 2.75) is 38.6 Å². The van der Waals surface area contributed by atoms with Crippen molar-refractivity contribution < 1.29 is 0 Å². The molecule has 80 valence electrons. The molecule has 0 bridgehead atoms. The first-order chi connectivity index (χ1) is 6.75. The lowest BCUT2D eigenvalue weighted by atomic mass is 9.77. The number of nitrogens with one attached hydrogen (secondary N) is 1. The average Bonchev–Trinajstić information content (AvgIpc) is 2.18. The van der Waals surface area contributed by atoms with Gasteiger partial charge >= 0.3 is 0 Å². The van der Waals surface area contributed by atoms with Gasteiger partial charge in [0.2, 0.25) is 0 Å². The Hall–Kier alpha value is -0.340. The van der Waals surface area contributed by atoms with E-state index in [2.05, 4.69) is 18.3 Å². The van der Waals surface area contributed by atoms with E-state index >= 15 is 0 Å². The van der Waals surface area contributed by atoms with Gasteiger partial charge < -0.3 is 11.1 Å². The van der Waals surface area contributed by atoms with Gasteiger partial charge in [0.1, 0.15) is 0 Å². The number of rotatable bonds is 1. The van der Waals surface area contributed by atoms with Crippen LogP contribution in [-0.4, -0.2) is 19.1 Å². The van der Waals surface area contributed by atoms with Gasteiger partial charge in [0.25, 0.3) is 0 Å². The summed E-state index contributed by atoms with van der Waals surface area (Å²) in [6.45, 7) is 4.40. The molecule has 1 fully saturated rings. The Morgan fingerprint density at radius 3 is 3.00 bits per heavy atom. The number of hydrogen-bond acceptors (Lipinski definition) is 2. The fraction of sp³-hybridized carbons (Fsp3) is 0.833. The molecule has 0 amide bonds. The van der Waals surface area contributed by atoms with Crippen LogP contribution in [0.2, 0.25) is 0 Å². The summed E-state index contributed by atoms with van der Waals surface area (Å²) in [5.41, 5.74) is 7.51. The van der Waals surface area contributed by atoms with Gasteiger partial charge in [0, 0.05) is 19.1 Å². The summed E-state index contributed by atoms with van der Waals surface area (Å²) in [7, 11) is 0. The molecule has 3 N–H and O–H groups in total. The molecule has 1 aliphatic heterocycles. The van der Waals surface area contributed by atoms with Gasteiger partial charge in [-0.05, 0) is 24.7 Å². The first-order valence-electron chi connectivity index (χ1n) is 5.92. The standard InChI is InChI=1S/C12H22N2/c1-9-3-2-4-10(5-9)11-6-12(13)8-14-7-11/h6,9-10,12,14H,2-5,7-8,13H2,1H3. The zero-order valence-corrected chi connectivity index (χ0v) is 9.13. The van der Waals surface area contributed by atoms with Crippen LogP contribution in [0.5, 0.6) is 0 Å². The Morgan fingerprint density at radius 1 is 1.43 bits per heavy atom. The molecule has 2 heteroatoms. The van der Waals surface area contributed by atoms with Crippen LogP contribution in [0.15, 0.2) is 11.6 Å². The third-order valence-electron chi connectivity index (χ3n) is 3.60. The quantitative estimate of drug-likeness (QED) is 0.623. The second-order valence-corrected chi connectivity index (χ2v) is 5.01. The van der Waals surface area contributed by atoms with Crippen molar-refractivity contribution in [1.29, 1.82) is 0 Å². The van der Waals surface area contributed by atoms with E-state index in [0.717, 1.165) is 24.9 Å².